The van der Waals surface area contributed by atoms with E-state index in [9.17, 15) is 13.2 Å². The number of nitrogens with zero attached hydrogens (tertiary/aromatic N) is 2. The Hall–Kier alpha value is -3.72. The van der Waals surface area contributed by atoms with E-state index in [1.54, 1.807) is 23.2 Å². The van der Waals surface area contributed by atoms with Crippen LogP contribution in [0.25, 0.3) is 0 Å². The van der Waals surface area contributed by atoms with Gasteiger partial charge in [0.15, 0.2) is 0 Å². The van der Waals surface area contributed by atoms with Crippen LogP contribution in [0, 0.1) is 6.92 Å². The van der Waals surface area contributed by atoms with E-state index in [4.69, 9.17) is 20.5 Å². The van der Waals surface area contributed by atoms with Gasteiger partial charge < -0.3 is 9.64 Å². The predicted molar refractivity (Wildman–Crippen MR) is 166 cm³/mol. The average Bonchev–Trinajstić information content (AvgIpc) is 2.98. The fraction of sp³-hybridized carbons (Fsp3) is 0.273. The molecule has 42 heavy (non-hydrogen) atoms. The number of amides is 1. The first kappa shape index (κ1) is 31.2. The number of aryl methyl sites for hydroxylation is 2. The molecule has 4 rings (SSSR count). The number of carbonyl (C=O) groups is 1. The molecule has 7 nitrogen and oxygen atoms in total. The van der Waals surface area contributed by atoms with Crippen molar-refractivity contribution in [3.8, 4) is 5.75 Å². The molecule has 0 bridgehead atoms. The molecule has 3 aromatic carbocycles. The number of hydrogen-bond donors (Lipinski definition) is 0. The van der Waals surface area contributed by atoms with E-state index in [-0.39, 0.29) is 30.6 Å². The van der Waals surface area contributed by atoms with E-state index >= 15 is 0 Å². The Kier molecular flexibility index (Phi) is 10.7. The van der Waals surface area contributed by atoms with Gasteiger partial charge in [0.2, 0.25) is 5.91 Å². The van der Waals surface area contributed by atoms with Crippen LogP contribution in [0.15, 0.2) is 90.0 Å². The molecular formula is C33H35ClN2O5S. The highest BCUT2D eigenvalue weighted by molar-refractivity contribution is 7.86. The van der Waals surface area contributed by atoms with E-state index in [1.165, 1.54) is 19.1 Å². The molecular weight excluding hydrogens is 572 g/mol. The van der Waals surface area contributed by atoms with Crippen molar-refractivity contribution in [3.05, 3.63) is 118 Å². The summed E-state index contributed by atoms with van der Waals surface area (Å²) in [6.45, 7) is 6.02. The van der Waals surface area contributed by atoms with Gasteiger partial charge in [0, 0.05) is 36.5 Å². The molecule has 0 spiro atoms. The quantitative estimate of drug-likeness (QED) is 0.121. The molecule has 1 amide bonds. The molecule has 0 aliphatic heterocycles. The van der Waals surface area contributed by atoms with Gasteiger partial charge in [0.25, 0.3) is 10.1 Å². The molecule has 1 aromatic heterocycles. The van der Waals surface area contributed by atoms with Crippen molar-refractivity contribution in [2.24, 2.45) is 0 Å². The average molecular weight is 607 g/mol. The van der Waals surface area contributed by atoms with Crippen LogP contribution in [-0.2, 0) is 38.5 Å². The van der Waals surface area contributed by atoms with E-state index in [0.29, 0.717) is 23.6 Å². The molecule has 1 heterocycles. The van der Waals surface area contributed by atoms with Gasteiger partial charge in [-0.15, -0.1) is 0 Å². The molecule has 0 atom stereocenters. The first-order valence-corrected chi connectivity index (χ1v) is 15.6. The van der Waals surface area contributed by atoms with Gasteiger partial charge in [-0.2, -0.15) is 8.42 Å². The number of anilines is 1. The van der Waals surface area contributed by atoms with Gasteiger partial charge in [0.1, 0.15) is 5.75 Å². The van der Waals surface area contributed by atoms with Crippen LogP contribution in [-0.4, -0.2) is 32.5 Å². The molecule has 0 aliphatic rings. The van der Waals surface area contributed by atoms with Crippen molar-refractivity contribution < 1.29 is 22.1 Å². The number of carbonyl (C=O) groups excluding carboxylic acids is 1. The molecule has 0 saturated heterocycles. The highest BCUT2D eigenvalue weighted by Gasteiger charge is 2.20. The van der Waals surface area contributed by atoms with E-state index < -0.39 is 10.1 Å². The van der Waals surface area contributed by atoms with Crippen LogP contribution in [0.3, 0.4) is 0 Å². The van der Waals surface area contributed by atoms with Gasteiger partial charge in [-0.1, -0.05) is 60.5 Å². The third-order valence-corrected chi connectivity index (χ3v) is 8.36. The first-order chi connectivity index (χ1) is 20.2. The molecule has 4 aromatic rings. The van der Waals surface area contributed by atoms with Gasteiger partial charge in [-0.05, 0) is 66.9 Å². The summed E-state index contributed by atoms with van der Waals surface area (Å²) < 4.78 is 36.2. The van der Waals surface area contributed by atoms with Crippen LogP contribution in [0.4, 0.5) is 5.69 Å². The standard InChI is InChI=1S/C33H35ClN2O5S/c1-4-26-12-17-33(40-19-6-20-41-42(38,39)30-15-8-24(2)9-16-30)28(21-26)23-36(25(3)37)32-7-5-18-35-31(32)22-27-10-13-29(34)14-11-27/h5,7-18,21H,4,6,19-20,22-23H2,1-3H3. The highest BCUT2D eigenvalue weighted by Crippen LogP contribution is 2.28. The second kappa shape index (κ2) is 14.4. The summed E-state index contributed by atoms with van der Waals surface area (Å²) >= 11 is 6.06. The lowest BCUT2D eigenvalue weighted by Crippen LogP contribution is -2.29. The number of benzene rings is 3. The van der Waals surface area contributed by atoms with E-state index in [0.717, 1.165) is 40.1 Å². The largest absolute Gasteiger partial charge is 0.493 e. The molecule has 0 N–H and O–H groups in total. The maximum Gasteiger partial charge on any atom is 0.296 e. The molecule has 220 valence electrons. The Morgan fingerprint density at radius 3 is 2.36 bits per heavy atom. The van der Waals surface area contributed by atoms with Gasteiger partial charge in [-0.3, -0.25) is 14.0 Å². The fourth-order valence-electron chi connectivity index (χ4n) is 4.44. The molecule has 0 radical (unpaired) electrons. The Morgan fingerprint density at radius 2 is 1.67 bits per heavy atom. The number of aromatic nitrogens is 1. The number of halogens is 1. The summed E-state index contributed by atoms with van der Waals surface area (Å²) in [6, 6.07) is 23.8. The Morgan fingerprint density at radius 1 is 0.952 bits per heavy atom. The first-order valence-electron chi connectivity index (χ1n) is 13.8. The van der Waals surface area contributed by atoms with Crippen LogP contribution >= 0.6 is 11.6 Å². The Bertz CT molecular complexity index is 1610. The molecule has 9 heteroatoms. The summed E-state index contributed by atoms with van der Waals surface area (Å²) in [5, 5.41) is 0.660. The third kappa shape index (κ3) is 8.41. The smallest absolute Gasteiger partial charge is 0.296 e. The van der Waals surface area contributed by atoms with Crippen LogP contribution in [0.1, 0.15) is 48.2 Å². The lowest BCUT2D eigenvalue weighted by Gasteiger charge is -2.25. The molecule has 0 fully saturated rings. The Balaban J connectivity index is 1.47. The van der Waals surface area contributed by atoms with E-state index in [2.05, 4.69) is 11.9 Å². The summed E-state index contributed by atoms with van der Waals surface area (Å²) in [7, 11) is -3.84. The van der Waals surface area contributed by atoms with Gasteiger partial charge in [-0.25, -0.2) is 0 Å². The monoisotopic (exact) mass is 606 g/mol. The van der Waals surface area contributed by atoms with Gasteiger partial charge in [0.05, 0.1) is 36.0 Å². The van der Waals surface area contributed by atoms with Crippen molar-refractivity contribution in [3.63, 3.8) is 0 Å². The number of hydrogen-bond acceptors (Lipinski definition) is 6. The summed E-state index contributed by atoms with van der Waals surface area (Å²) in [6.07, 6.45) is 3.46. The molecule has 0 aliphatic carbocycles. The molecule has 0 unspecified atom stereocenters. The highest BCUT2D eigenvalue weighted by atomic mass is 35.5. The summed E-state index contributed by atoms with van der Waals surface area (Å²) in [5.41, 5.74) is 5.46. The minimum Gasteiger partial charge on any atom is -0.493 e. The van der Waals surface area contributed by atoms with E-state index in [1.807, 2.05) is 61.5 Å². The SMILES string of the molecule is CCc1ccc(OCCCOS(=O)(=O)c2ccc(C)cc2)c(CN(C(C)=O)c2cccnc2Cc2ccc(Cl)cc2)c1. The number of rotatable bonds is 13. The van der Waals surface area contributed by atoms with Crippen molar-refractivity contribution in [2.45, 2.75) is 51.5 Å². The molecule has 0 saturated carbocycles. The second-order valence-corrected chi connectivity index (χ2v) is 12.0. The van der Waals surface area contributed by atoms with Gasteiger partial charge >= 0.3 is 0 Å². The zero-order valence-electron chi connectivity index (χ0n) is 24.0. The lowest BCUT2D eigenvalue weighted by molar-refractivity contribution is -0.116. The van der Waals surface area contributed by atoms with Crippen molar-refractivity contribution in [1.29, 1.82) is 0 Å². The normalized spacial score (nSPS) is 11.3. The van der Waals surface area contributed by atoms with Crippen LogP contribution in [0.2, 0.25) is 5.02 Å². The van der Waals surface area contributed by atoms with Crippen LogP contribution < -0.4 is 9.64 Å². The Labute approximate surface area is 253 Å². The predicted octanol–water partition coefficient (Wildman–Crippen LogP) is 6.92. The number of ether oxygens (including phenoxy) is 1. The number of pyridine rings is 1. The third-order valence-electron chi connectivity index (χ3n) is 6.78. The summed E-state index contributed by atoms with van der Waals surface area (Å²) in [5.74, 6) is 0.505. The minimum atomic E-state index is -3.84. The van der Waals surface area contributed by atoms with Crippen molar-refractivity contribution >= 4 is 33.3 Å². The zero-order valence-corrected chi connectivity index (χ0v) is 25.6. The summed E-state index contributed by atoms with van der Waals surface area (Å²) in [4.78, 5) is 19.4. The topological polar surface area (TPSA) is 85.8 Å². The minimum absolute atomic E-state index is 0.0120. The zero-order chi connectivity index (χ0) is 30.1. The second-order valence-electron chi connectivity index (χ2n) is 9.96. The van der Waals surface area contributed by atoms with Crippen LogP contribution in [0.5, 0.6) is 5.75 Å². The maximum absolute atomic E-state index is 13.0. The van der Waals surface area contributed by atoms with Crippen molar-refractivity contribution in [2.75, 3.05) is 18.1 Å². The fourth-order valence-corrected chi connectivity index (χ4v) is 5.51. The lowest BCUT2D eigenvalue weighted by atomic mass is 10.0. The maximum atomic E-state index is 13.0. The van der Waals surface area contributed by atoms with Crippen molar-refractivity contribution in [1.82, 2.24) is 4.98 Å².